The van der Waals surface area contributed by atoms with Crippen LogP contribution in [-0.4, -0.2) is 42.3 Å². The summed E-state index contributed by atoms with van der Waals surface area (Å²) in [6.45, 7) is 14.7. The summed E-state index contributed by atoms with van der Waals surface area (Å²) < 4.78 is 18.0. The van der Waals surface area contributed by atoms with Crippen LogP contribution in [0.5, 0.6) is 0 Å². The van der Waals surface area contributed by atoms with Crippen LogP contribution in [0.3, 0.4) is 0 Å². The first-order valence-electron chi connectivity index (χ1n) is 10.9. The molecule has 0 atom stereocenters. The molecule has 8 heteroatoms. The Kier molecular flexibility index (Phi) is 15.9. The van der Waals surface area contributed by atoms with Crippen LogP contribution in [0.1, 0.15) is 45.4 Å². The second-order valence-corrected chi connectivity index (χ2v) is 7.60. The molecule has 0 aliphatic carbocycles. The fourth-order valence-electron chi connectivity index (χ4n) is 2.76. The number of nitrogens with zero attached hydrogens (tertiary/aromatic N) is 2. The number of halogens is 2. The predicted octanol–water partition coefficient (Wildman–Crippen LogP) is 6.44. The molecule has 0 bridgehead atoms. The molecule has 0 saturated heterocycles. The summed E-state index contributed by atoms with van der Waals surface area (Å²) in [4.78, 5) is 29.3. The van der Waals surface area contributed by atoms with Gasteiger partial charge in [0.05, 0.1) is 18.4 Å². The second kappa shape index (κ2) is 17.5. The van der Waals surface area contributed by atoms with Gasteiger partial charge in [0.1, 0.15) is 12.4 Å². The van der Waals surface area contributed by atoms with Crippen molar-refractivity contribution in [2.24, 2.45) is 0 Å². The third-order valence-electron chi connectivity index (χ3n) is 4.06. The molecule has 1 N–H and O–H groups in total. The van der Waals surface area contributed by atoms with Crippen molar-refractivity contribution in [3.05, 3.63) is 76.6 Å². The number of aromatic nitrogens is 1. The normalized spacial score (nSPS) is 11.5. The number of pyridine rings is 1. The van der Waals surface area contributed by atoms with Gasteiger partial charge in [0.2, 0.25) is 6.41 Å². The van der Waals surface area contributed by atoms with Gasteiger partial charge in [-0.05, 0) is 53.8 Å². The van der Waals surface area contributed by atoms with Gasteiger partial charge in [0, 0.05) is 17.2 Å². The number of amides is 1. The van der Waals surface area contributed by atoms with Crippen molar-refractivity contribution in [3.63, 3.8) is 0 Å². The molecular formula is C26H34BrFN2O4. The fourth-order valence-corrected chi connectivity index (χ4v) is 3.42. The van der Waals surface area contributed by atoms with Crippen LogP contribution in [-0.2, 0) is 20.7 Å². The molecule has 6 nitrogen and oxygen atoms in total. The van der Waals surface area contributed by atoms with Crippen molar-refractivity contribution < 1.29 is 23.8 Å². The second-order valence-electron chi connectivity index (χ2n) is 6.80. The van der Waals surface area contributed by atoms with Crippen molar-refractivity contribution >= 4 is 39.8 Å². The van der Waals surface area contributed by atoms with Gasteiger partial charge < -0.3 is 14.7 Å². The molecule has 0 aliphatic heterocycles. The van der Waals surface area contributed by atoms with Gasteiger partial charge in [0.25, 0.3) is 0 Å². The maximum atomic E-state index is 12.7. The third-order valence-corrected chi connectivity index (χ3v) is 4.95. The highest BCUT2D eigenvalue weighted by atomic mass is 79.9. The maximum Gasteiger partial charge on any atom is 0.334 e. The van der Waals surface area contributed by atoms with Crippen LogP contribution in [0, 0.1) is 0 Å². The molecule has 186 valence electrons. The topological polar surface area (TPSA) is 79.7 Å². The van der Waals surface area contributed by atoms with Crippen molar-refractivity contribution in [1.29, 1.82) is 0 Å². The average Bonchev–Trinajstić information content (AvgIpc) is 2.81. The predicted molar refractivity (Wildman–Crippen MR) is 140 cm³/mol. The molecule has 0 fully saturated rings. The maximum absolute atomic E-state index is 12.7. The number of alkyl halides is 1. The van der Waals surface area contributed by atoms with Gasteiger partial charge in [0.15, 0.2) is 5.76 Å². The van der Waals surface area contributed by atoms with Crippen LogP contribution in [0.2, 0.25) is 0 Å². The SMILES string of the molecule is C=CC/C=C(\C=C/CF)Cc1cnc(/C(O)=C/C(=O)OCC)c(N(C=O)CC(=C)C)c1Br.CC. The largest absolute Gasteiger partial charge is 0.505 e. The molecular weight excluding hydrogens is 503 g/mol. The van der Waals surface area contributed by atoms with Gasteiger partial charge in [-0.2, -0.15) is 0 Å². The van der Waals surface area contributed by atoms with E-state index in [2.05, 4.69) is 34.1 Å². The molecule has 0 aliphatic rings. The Morgan fingerprint density at radius 1 is 1.38 bits per heavy atom. The summed E-state index contributed by atoms with van der Waals surface area (Å²) in [5.41, 5.74) is 2.52. The van der Waals surface area contributed by atoms with E-state index in [9.17, 15) is 19.1 Å². The van der Waals surface area contributed by atoms with Crippen LogP contribution in [0.15, 0.2) is 65.4 Å². The highest BCUT2D eigenvalue weighted by Gasteiger charge is 2.22. The zero-order valence-corrected chi connectivity index (χ0v) is 21.9. The fraction of sp³-hybridized carbons (Fsp3) is 0.346. The number of ether oxygens (including phenoxy) is 1. The number of esters is 1. The van der Waals surface area contributed by atoms with E-state index in [1.54, 1.807) is 26.0 Å². The summed E-state index contributed by atoms with van der Waals surface area (Å²) in [6.07, 6.45) is 10.7. The van der Waals surface area contributed by atoms with Gasteiger partial charge in [-0.1, -0.05) is 50.3 Å². The van der Waals surface area contributed by atoms with Crippen molar-refractivity contribution in [1.82, 2.24) is 4.98 Å². The highest BCUT2D eigenvalue weighted by Crippen LogP contribution is 2.36. The Hall–Kier alpha value is -3.00. The quantitative estimate of drug-likeness (QED) is 0.0782. The zero-order valence-electron chi connectivity index (χ0n) is 20.3. The first-order chi connectivity index (χ1) is 16.3. The number of anilines is 1. The van der Waals surface area contributed by atoms with E-state index in [0.29, 0.717) is 34.9 Å². The molecule has 0 aromatic carbocycles. The van der Waals surface area contributed by atoms with Crippen molar-refractivity contribution in [2.45, 2.75) is 40.5 Å². The van der Waals surface area contributed by atoms with Crippen LogP contribution < -0.4 is 4.90 Å². The van der Waals surface area contributed by atoms with Crippen LogP contribution in [0.4, 0.5) is 10.1 Å². The Labute approximate surface area is 210 Å². The Morgan fingerprint density at radius 2 is 2.06 bits per heavy atom. The third kappa shape index (κ3) is 10.3. The monoisotopic (exact) mass is 536 g/mol. The summed E-state index contributed by atoms with van der Waals surface area (Å²) in [5.74, 6) is -1.18. The van der Waals surface area contributed by atoms with Crippen molar-refractivity contribution in [3.8, 4) is 0 Å². The summed E-state index contributed by atoms with van der Waals surface area (Å²) in [7, 11) is 0. The minimum absolute atomic E-state index is 0.0259. The minimum Gasteiger partial charge on any atom is -0.505 e. The minimum atomic E-state index is -0.735. The van der Waals surface area contributed by atoms with E-state index in [1.165, 1.54) is 17.2 Å². The van der Waals surface area contributed by atoms with E-state index >= 15 is 0 Å². The molecule has 0 saturated carbocycles. The molecule has 0 radical (unpaired) electrons. The number of carbonyl (C=O) groups excluding carboxylic acids is 2. The Bertz CT molecular complexity index is 939. The van der Waals surface area contributed by atoms with E-state index in [1.807, 2.05) is 19.9 Å². The number of rotatable bonds is 13. The van der Waals surface area contributed by atoms with E-state index in [-0.39, 0.29) is 24.5 Å². The standard InChI is InChI=1S/C24H28BrFN2O4.C2H6/c1-5-7-9-18(10-8-11-26)12-19-14-27-23(20(30)13-21(31)32-6-2)24(22(19)25)28(16-29)15-17(3)4;1-2/h5,8-10,13-14,16,30H,1,3,6-7,11-12,15H2,2,4H3;1-2H3/b10-8-,18-9+,20-13-;. The van der Waals surface area contributed by atoms with Gasteiger partial charge in [-0.15, -0.1) is 6.58 Å². The number of aliphatic hydroxyl groups excluding tert-OH is 1. The number of carbonyl (C=O) groups is 2. The first kappa shape index (κ1) is 31.0. The van der Waals surface area contributed by atoms with E-state index in [0.717, 1.165) is 11.6 Å². The summed E-state index contributed by atoms with van der Waals surface area (Å²) in [5, 5.41) is 10.5. The van der Waals surface area contributed by atoms with E-state index in [4.69, 9.17) is 4.74 Å². The lowest BCUT2D eigenvalue weighted by Crippen LogP contribution is -2.25. The molecule has 1 heterocycles. The molecule has 34 heavy (non-hydrogen) atoms. The van der Waals surface area contributed by atoms with Gasteiger partial charge >= 0.3 is 5.97 Å². The number of allylic oxidation sites excluding steroid dienone is 5. The average molecular weight is 537 g/mol. The number of hydrogen-bond acceptors (Lipinski definition) is 5. The van der Waals surface area contributed by atoms with Crippen molar-refractivity contribution in [2.75, 3.05) is 24.7 Å². The van der Waals surface area contributed by atoms with Gasteiger partial charge in [-0.3, -0.25) is 9.78 Å². The molecule has 1 amide bonds. The summed E-state index contributed by atoms with van der Waals surface area (Å²) >= 11 is 3.52. The molecule has 1 aromatic rings. The highest BCUT2D eigenvalue weighted by molar-refractivity contribution is 9.10. The van der Waals surface area contributed by atoms with Crippen LogP contribution >= 0.6 is 15.9 Å². The first-order valence-corrected chi connectivity index (χ1v) is 11.7. The Morgan fingerprint density at radius 3 is 2.59 bits per heavy atom. The lowest BCUT2D eigenvalue weighted by molar-refractivity contribution is -0.137. The Balaban J connectivity index is 0.00000529. The van der Waals surface area contributed by atoms with E-state index < -0.39 is 18.4 Å². The van der Waals surface area contributed by atoms with Crippen LogP contribution in [0.25, 0.3) is 5.76 Å². The lowest BCUT2D eigenvalue weighted by atomic mass is 10.0. The molecule has 0 spiro atoms. The molecule has 1 rings (SSSR count). The number of aliphatic hydroxyl groups is 1. The number of hydrogen-bond donors (Lipinski definition) is 1. The molecule has 1 aromatic heterocycles. The smallest absolute Gasteiger partial charge is 0.334 e. The molecule has 0 unspecified atom stereocenters. The summed E-state index contributed by atoms with van der Waals surface area (Å²) in [6, 6.07) is 0. The zero-order chi connectivity index (χ0) is 26.1. The van der Waals surface area contributed by atoms with Gasteiger partial charge in [-0.25, -0.2) is 9.18 Å². The lowest BCUT2D eigenvalue weighted by Gasteiger charge is -2.23.